The van der Waals surface area contributed by atoms with Gasteiger partial charge >= 0.3 is 52.6 Å². The number of rotatable bonds is 0. The molecule has 0 saturated heterocycles. The Morgan fingerprint density at radius 3 is 1.14 bits per heavy atom. The third-order valence-corrected chi connectivity index (χ3v) is 0. The molecular formula is H4CrMgO4Zn. The summed E-state index contributed by atoms with van der Waals surface area (Å²) in [6.45, 7) is 0. The fourth-order valence-corrected chi connectivity index (χ4v) is 0. The van der Waals surface area contributed by atoms with Crippen molar-refractivity contribution < 1.29 is 49.0 Å². The van der Waals surface area contributed by atoms with Crippen LogP contribution in [-0.2, 0) is 40.7 Å². The van der Waals surface area contributed by atoms with Crippen LogP contribution in [0.25, 0.3) is 0 Å². The topological polar surface area (TPSA) is 74.6 Å². The van der Waals surface area contributed by atoms with Crippen LogP contribution in [0.15, 0.2) is 0 Å². The van der Waals surface area contributed by atoms with Crippen LogP contribution in [0.3, 0.4) is 0 Å². The molecule has 0 saturated carbocycles. The summed E-state index contributed by atoms with van der Waals surface area (Å²) in [5.41, 5.74) is 0. The Morgan fingerprint density at radius 2 is 1.14 bits per heavy atom. The van der Waals surface area contributed by atoms with Gasteiger partial charge in [-0.2, -0.15) is 0 Å². The molecule has 0 bridgehead atoms. The average Bonchev–Trinajstić information content (AvgIpc) is 0.722. The fraction of sp³-hybridized carbons (Fsp3) is 0. The largest absolute Gasteiger partial charge is 0 e. The molecular weight excluding hydrogens is 206 g/mol. The summed E-state index contributed by atoms with van der Waals surface area (Å²) in [7, 11) is 0. The van der Waals surface area contributed by atoms with Gasteiger partial charge in [-0.25, -0.2) is 0 Å². The Morgan fingerprint density at radius 1 is 1.14 bits per heavy atom. The molecule has 0 aromatic heterocycles. The Labute approximate surface area is 71.6 Å². The predicted octanol–water partition coefficient (Wildman–Crippen LogP) is -2.27. The van der Waals surface area contributed by atoms with E-state index in [9.17, 15) is 0 Å². The van der Waals surface area contributed by atoms with Gasteiger partial charge in [0.1, 0.15) is 0 Å². The molecule has 0 radical (unpaired) electrons. The van der Waals surface area contributed by atoms with Crippen molar-refractivity contribution in [3.8, 4) is 0 Å². The van der Waals surface area contributed by atoms with Crippen LogP contribution in [0.1, 0.15) is 0 Å². The van der Waals surface area contributed by atoms with Crippen molar-refractivity contribution in [2.75, 3.05) is 0 Å². The van der Waals surface area contributed by atoms with Crippen LogP contribution in [-0.4, -0.2) is 31.4 Å². The zero-order valence-electron chi connectivity index (χ0n) is 2.83. The van der Waals surface area contributed by atoms with Crippen molar-refractivity contribution in [1.82, 2.24) is 0 Å². The molecule has 0 unspecified atom stereocenters. The first-order chi connectivity index (χ1) is 2.00. The molecule has 0 amide bonds. The van der Waals surface area contributed by atoms with Gasteiger partial charge in [-0.1, -0.05) is 0 Å². The van der Waals surface area contributed by atoms with Gasteiger partial charge in [-0.3, -0.25) is 0 Å². The monoisotopic (exact) mass is 208 g/mol. The third kappa shape index (κ3) is 106. The third-order valence-electron chi connectivity index (χ3n) is 0. The summed E-state index contributed by atoms with van der Waals surface area (Å²) in [6.07, 6.45) is 0. The minimum absolute atomic E-state index is 0. The van der Waals surface area contributed by atoms with Crippen molar-refractivity contribution in [1.29, 1.82) is 0 Å². The molecule has 0 heterocycles. The number of hydrogen-bond donors (Lipinski definition) is 2. The summed E-state index contributed by atoms with van der Waals surface area (Å²) in [5.74, 6) is 0. The maximum absolute atomic E-state index is 8.82. The molecule has 0 atom stereocenters. The van der Waals surface area contributed by atoms with E-state index in [1.54, 1.807) is 0 Å². The van der Waals surface area contributed by atoms with Crippen LogP contribution < -0.4 is 0 Å². The van der Waals surface area contributed by atoms with Gasteiger partial charge in [0.15, 0.2) is 0 Å². The minimum Gasteiger partial charge on any atom is 0 e. The molecule has 0 rings (SSSR count). The standard InChI is InChI=1S/Cr.Mg.2H2O.2O.Zn.2H/h;;2*1H2;;;;;/q+2;;;;;;;;/p-2. The van der Waals surface area contributed by atoms with Gasteiger partial charge in [0.25, 0.3) is 0 Å². The van der Waals surface area contributed by atoms with Gasteiger partial charge in [0, 0.05) is 19.5 Å². The van der Waals surface area contributed by atoms with E-state index in [-0.39, 0.29) is 42.5 Å². The van der Waals surface area contributed by atoms with Gasteiger partial charge in [-0.15, -0.1) is 0 Å². The Bertz CT molecular complexity index is 94.9. The summed E-state index contributed by atoms with van der Waals surface area (Å²) in [4.78, 5) is 0. The molecule has 0 aliphatic heterocycles. The molecule has 0 aromatic carbocycles. The summed E-state index contributed by atoms with van der Waals surface area (Å²) in [6, 6.07) is 0. The average molecular weight is 210 g/mol. The molecule has 0 fully saturated rings. The fourth-order valence-electron chi connectivity index (χ4n) is 0. The smallest absolute Gasteiger partial charge is 0 e. The van der Waals surface area contributed by atoms with Crippen LogP contribution >= 0.6 is 0 Å². The van der Waals surface area contributed by atoms with E-state index >= 15 is 0 Å². The SMILES string of the molecule is [MgH2].[O]=[Cr](=[O])([OH])[OH].[Zn]. The molecule has 2 N–H and O–H groups in total. The molecule has 38 valence electrons. The zero-order chi connectivity index (χ0) is 4.50. The molecule has 7 heteroatoms. The number of hydrogen-bond acceptors (Lipinski definition) is 2. The summed E-state index contributed by atoms with van der Waals surface area (Å²) >= 11 is -5.25. The maximum Gasteiger partial charge on any atom is 0 e. The Balaban J connectivity index is -0.0000000800. The van der Waals surface area contributed by atoms with E-state index in [2.05, 4.69) is 0 Å². The second kappa shape index (κ2) is 5.58. The van der Waals surface area contributed by atoms with Crippen LogP contribution in [0.5, 0.6) is 0 Å². The van der Waals surface area contributed by atoms with Crippen molar-refractivity contribution in [3.63, 3.8) is 0 Å². The normalized spacial score (nSPS) is 8.29. The van der Waals surface area contributed by atoms with E-state index in [1.807, 2.05) is 0 Å². The van der Waals surface area contributed by atoms with Crippen molar-refractivity contribution in [2.24, 2.45) is 0 Å². The zero-order valence-corrected chi connectivity index (χ0v) is 7.07. The van der Waals surface area contributed by atoms with Gasteiger partial charge < -0.3 is 0 Å². The van der Waals surface area contributed by atoms with Crippen molar-refractivity contribution in [2.45, 2.75) is 0 Å². The second-order valence-electron chi connectivity index (χ2n) is 0.448. The van der Waals surface area contributed by atoms with Crippen LogP contribution in [0, 0.1) is 0 Å². The van der Waals surface area contributed by atoms with E-state index in [4.69, 9.17) is 15.9 Å². The van der Waals surface area contributed by atoms with Crippen molar-refractivity contribution in [3.05, 3.63) is 0 Å². The molecule has 0 spiro atoms. The Hall–Kier alpha value is 1.44. The van der Waals surface area contributed by atoms with Crippen molar-refractivity contribution >= 4 is 23.1 Å². The first kappa shape index (κ1) is 15.8. The summed E-state index contributed by atoms with van der Waals surface area (Å²) < 4.78 is 31.9. The van der Waals surface area contributed by atoms with E-state index in [0.29, 0.717) is 0 Å². The van der Waals surface area contributed by atoms with Crippen LogP contribution in [0.2, 0.25) is 0 Å². The van der Waals surface area contributed by atoms with E-state index < -0.39 is 13.6 Å². The molecule has 7 heavy (non-hydrogen) atoms. The first-order valence-electron chi connectivity index (χ1n) is 0.698. The van der Waals surface area contributed by atoms with Gasteiger partial charge in [-0.05, 0) is 0 Å². The molecule has 0 aliphatic rings. The maximum atomic E-state index is 8.82. The predicted molar refractivity (Wildman–Crippen MR) is 14.4 cm³/mol. The first-order valence-corrected chi connectivity index (χ1v) is 2.88. The van der Waals surface area contributed by atoms with Crippen LogP contribution in [0.4, 0.5) is 0 Å². The molecule has 0 aromatic rings. The second-order valence-corrected chi connectivity index (χ2v) is 1.85. The summed E-state index contributed by atoms with van der Waals surface area (Å²) in [5, 5.41) is 0. The molecule has 4 nitrogen and oxygen atoms in total. The minimum atomic E-state index is -5.25. The Kier molecular flexibility index (Phi) is 12.6. The van der Waals surface area contributed by atoms with E-state index in [1.165, 1.54) is 0 Å². The quantitative estimate of drug-likeness (QED) is 0.442. The molecule has 0 aliphatic carbocycles. The van der Waals surface area contributed by atoms with Gasteiger partial charge in [0.2, 0.25) is 0 Å². The van der Waals surface area contributed by atoms with E-state index in [0.717, 1.165) is 0 Å². The van der Waals surface area contributed by atoms with Gasteiger partial charge in [0.05, 0.1) is 0 Å².